The summed E-state index contributed by atoms with van der Waals surface area (Å²) in [5, 5.41) is 0. The van der Waals surface area contributed by atoms with E-state index in [1.165, 1.54) is 4.90 Å². The fourth-order valence-electron chi connectivity index (χ4n) is 2.19. The van der Waals surface area contributed by atoms with E-state index in [4.69, 9.17) is 9.05 Å². The third kappa shape index (κ3) is 4.71. The molecule has 0 bridgehead atoms. The lowest BCUT2D eigenvalue weighted by Gasteiger charge is -2.33. The maximum Gasteiger partial charge on any atom is 0.340 e. The van der Waals surface area contributed by atoms with Gasteiger partial charge in [0.2, 0.25) is 5.91 Å². The number of likely N-dealkylation sites (tertiary alicyclic amines) is 1. The number of rotatable bonds is 7. The van der Waals surface area contributed by atoms with Gasteiger partial charge < -0.3 is 18.7 Å². The van der Waals surface area contributed by atoms with Crippen LogP contribution in [0, 0.1) is 0 Å². The summed E-state index contributed by atoms with van der Waals surface area (Å²) in [6, 6.07) is -0.405. The zero-order valence-electron chi connectivity index (χ0n) is 11.5. The Bertz CT molecular complexity index is 350. The summed E-state index contributed by atoms with van der Waals surface area (Å²) in [6.07, 6.45) is 2.95. The van der Waals surface area contributed by atoms with Crippen LogP contribution >= 0.6 is 7.60 Å². The number of carbonyl (C=O) groups is 2. The molecule has 0 N–H and O–H groups in total. The van der Waals surface area contributed by atoms with Crippen molar-refractivity contribution in [3.8, 4) is 0 Å². The van der Waals surface area contributed by atoms with Crippen LogP contribution in [0.25, 0.3) is 0 Å². The minimum absolute atomic E-state index is 0.224. The minimum atomic E-state index is -3.39. The molecule has 0 aromatic carbocycles. The average molecular weight is 291 g/mol. The van der Waals surface area contributed by atoms with Crippen molar-refractivity contribution < 1.29 is 23.2 Å². The summed E-state index contributed by atoms with van der Waals surface area (Å²) in [5.41, 5.74) is 0. The van der Waals surface area contributed by atoms with Gasteiger partial charge in [-0.1, -0.05) is 0 Å². The van der Waals surface area contributed by atoms with Gasteiger partial charge in [0.1, 0.15) is 12.4 Å². The first kappa shape index (κ1) is 16.3. The molecule has 1 fully saturated rings. The van der Waals surface area contributed by atoms with E-state index in [9.17, 15) is 14.2 Å². The summed E-state index contributed by atoms with van der Waals surface area (Å²) in [6.45, 7) is 4.38. The monoisotopic (exact) mass is 291 g/mol. The van der Waals surface area contributed by atoms with Crippen molar-refractivity contribution in [2.24, 2.45) is 0 Å². The van der Waals surface area contributed by atoms with Crippen LogP contribution in [0.5, 0.6) is 0 Å². The highest BCUT2D eigenvalue weighted by Crippen LogP contribution is 2.48. The first-order chi connectivity index (χ1) is 9.06. The molecule has 0 aromatic rings. The largest absolute Gasteiger partial charge is 0.340 e. The van der Waals surface area contributed by atoms with Crippen molar-refractivity contribution in [2.45, 2.75) is 39.2 Å². The van der Waals surface area contributed by atoms with E-state index in [-0.39, 0.29) is 25.3 Å². The van der Waals surface area contributed by atoms with E-state index in [1.54, 1.807) is 13.8 Å². The third-order valence-corrected chi connectivity index (χ3v) is 4.97. The van der Waals surface area contributed by atoms with Gasteiger partial charge in [-0.25, -0.2) is 0 Å². The zero-order chi connectivity index (χ0) is 14.3. The number of amides is 1. The van der Waals surface area contributed by atoms with Gasteiger partial charge in [-0.15, -0.1) is 0 Å². The summed E-state index contributed by atoms with van der Waals surface area (Å²) < 4.78 is 22.5. The van der Waals surface area contributed by atoms with Crippen LogP contribution in [0.2, 0.25) is 0 Å². The van der Waals surface area contributed by atoms with E-state index in [2.05, 4.69) is 0 Å². The SMILES string of the molecule is CCOP(=O)(CC(=O)N1CCCCC1C=O)OCC. The van der Waals surface area contributed by atoms with Crippen LogP contribution in [0.1, 0.15) is 33.1 Å². The van der Waals surface area contributed by atoms with Gasteiger partial charge in [0.05, 0.1) is 19.3 Å². The van der Waals surface area contributed by atoms with Crippen LogP contribution < -0.4 is 0 Å². The molecular weight excluding hydrogens is 269 g/mol. The molecule has 1 rings (SSSR count). The first-order valence-corrected chi connectivity index (χ1v) is 8.42. The van der Waals surface area contributed by atoms with Crippen molar-refractivity contribution in [2.75, 3.05) is 25.9 Å². The molecule has 0 aliphatic carbocycles. The molecule has 1 aliphatic heterocycles. The van der Waals surface area contributed by atoms with Gasteiger partial charge in [0.25, 0.3) is 0 Å². The Hall–Kier alpha value is -0.710. The van der Waals surface area contributed by atoms with Crippen molar-refractivity contribution >= 4 is 19.8 Å². The second-order valence-electron chi connectivity index (χ2n) is 4.39. The van der Waals surface area contributed by atoms with E-state index in [1.807, 2.05) is 0 Å². The smallest absolute Gasteiger partial charge is 0.332 e. The number of nitrogens with zero attached hydrogens (tertiary/aromatic N) is 1. The standard InChI is InChI=1S/C12H22NO5P/c1-3-17-19(16,18-4-2)10-12(15)13-8-6-5-7-11(13)9-14/h9,11H,3-8,10H2,1-2H3. The Morgan fingerprint density at radius 1 is 1.32 bits per heavy atom. The Morgan fingerprint density at radius 3 is 2.47 bits per heavy atom. The maximum atomic E-state index is 12.3. The minimum Gasteiger partial charge on any atom is -0.332 e. The zero-order valence-corrected chi connectivity index (χ0v) is 12.4. The highest BCUT2D eigenvalue weighted by Gasteiger charge is 2.33. The Labute approximate surface area is 114 Å². The van der Waals surface area contributed by atoms with Gasteiger partial charge in [-0.2, -0.15) is 0 Å². The second kappa shape index (κ2) is 7.78. The molecule has 1 saturated heterocycles. The Kier molecular flexibility index (Phi) is 6.69. The molecule has 0 saturated carbocycles. The molecule has 19 heavy (non-hydrogen) atoms. The molecular formula is C12H22NO5P. The van der Waals surface area contributed by atoms with Crippen LogP contribution in [-0.4, -0.2) is 49.1 Å². The average Bonchev–Trinajstić information content (AvgIpc) is 2.38. The molecule has 1 atom stereocenters. The van der Waals surface area contributed by atoms with Gasteiger partial charge >= 0.3 is 7.60 Å². The lowest BCUT2D eigenvalue weighted by atomic mass is 10.0. The molecule has 0 aromatic heterocycles. The van der Waals surface area contributed by atoms with Crippen LogP contribution in [-0.2, 0) is 23.2 Å². The Balaban J connectivity index is 2.69. The Morgan fingerprint density at radius 2 is 1.95 bits per heavy atom. The van der Waals surface area contributed by atoms with E-state index < -0.39 is 13.6 Å². The van der Waals surface area contributed by atoms with Gasteiger partial charge in [0, 0.05) is 6.54 Å². The predicted molar refractivity (Wildman–Crippen MR) is 71.1 cm³/mol. The summed E-state index contributed by atoms with van der Waals surface area (Å²) in [4.78, 5) is 24.6. The third-order valence-electron chi connectivity index (χ3n) is 3.01. The number of carbonyl (C=O) groups excluding carboxylic acids is 2. The molecule has 1 heterocycles. The number of piperidine rings is 1. The maximum absolute atomic E-state index is 12.3. The highest BCUT2D eigenvalue weighted by atomic mass is 31.2. The predicted octanol–water partition coefficient (Wildman–Crippen LogP) is 1.83. The van der Waals surface area contributed by atoms with E-state index >= 15 is 0 Å². The molecule has 6 nitrogen and oxygen atoms in total. The summed E-state index contributed by atoms with van der Waals surface area (Å²) in [5.74, 6) is -0.331. The second-order valence-corrected chi connectivity index (χ2v) is 6.45. The molecule has 110 valence electrons. The van der Waals surface area contributed by atoms with Crippen molar-refractivity contribution in [1.29, 1.82) is 0 Å². The van der Waals surface area contributed by atoms with E-state index in [0.717, 1.165) is 19.1 Å². The van der Waals surface area contributed by atoms with Crippen molar-refractivity contribution in [1.82, 2.24) is 4.90 Å². The lowest BCUT2D eigenvalue weighted by Crippen LogP contribution is -2.45. The number of aldehydes is 1. The van der Waals surface area contributed by atoms with Gasteiger partial charge in [0.15, 0.2) is 0 Å². The molecule has 1 aliphatic rings. The summed E-state index contributed by atoms with van der Waals surface area (Å²) >= 11 is 0. The fraction of sp³-hybridized carbons (Fsp3) is 0.833. The van der Waals surface area contributed by atoms with Crippen molar-refractivity contribution in [3.63, 3.8) is 0 Å². The van der Waals surface area contributed by atoms with Crippen molar-refractivity contribution in [3.05, 3.63) is 0 Å². The topological polar surface area (TPSA) is 72.9 Å². The van der Waals surface area contributed by atoms with Gasteiger partial charge in [-0.05, 0) is 33.1 Å². The number of hydrogen-bond acceptors (Lipinski definition) is 5. The first-order valence-electron chi connectivity index (χ1n) is 6.69. The van der Waals surface area contributed by atoms with E-state index in [0.29, 0.717) is 13.0 Å². The molecule has 0 radical (unpaired) electrons. The molecule has 1 unspecified atom stereocenters. The van der Waals surface area contributed by atoms with Gasteiger partial charge in [-0.3, -0.25) is 9.36 Å². The fourth-order valence-corrected chi connectivity index (χ4v) is 3.74. The number of hydrogen-bond donors (Lipinski definition) is 0. The van der Waals surface area contributed by atoms with Crippen LogP contribution in [0.3, 0.4) is 0 Å². The summed E-state index contributed by atoms with van der Waals surface area (Å²) in [7, 11) is -3.39. The molecule has 7 heteroatoms. The highest BCUT2D eigenvalue weighted by molar-refractivity contribution is 7.54. The lowest BCUT2D eigenvalue weighted by molar-refractivity contribution is -0.135. The normalized spacial score (nSPS) is 20.3. The molecule has 0 spiro atoms. The molecule has 1 amide bonds. The van der Waals surface area contributed by atoms with Crippen LogP contribution in [0.15, 0.2) is 0 Å². The van der Waals surface area contributed by atoms with Crippen LogP contribution in [0.4, 0.5) is 0 Å². The quantitative estimate of drug-likeness (QED) is 0.528.